The van der Waals surface area contributed by atoms with Crippen molar-refractivity contribution in [3.05, 3.63) is 47.2 Å². The van der Waals surface area contributed by atoms with E-state index < -0.39 is 5.92 Å². The average molecular weight is 254 g/mol. The molecule has 1 fully saturated rings. The van der Waals surface area contributed by atoms with Gasteiger partial charge in [0.1, 0.15) is 0 Å². The fourth-order valence-corrected chi connectivity index (χ4v) is 4.09. The maximum absolute atomic E-state index is 12.4. The van der Waals surface area contributed by atoms with Gasteiger partial charge in [0.05, 0.1) is 13.0 Å². The van der Waals surface area contributed by atoms with Crippen molar-refractivity contribution in [1.29, 1.82) is 0 Å². The monoisotopic (exact) mass is 254 g/mol. The summed E-state index contributed by atoms with van der Waals surface area (Å²) in [5.41, 5.74) is 2.48. The summed E-state index contributed by atoms with van der Waals surface area (Å²) >= 11 is 0. The SMILES string of the molecule is COC1=CC2C(=O)C(C1=O)C1c3ccccc3CC21. The van der Waals surface area contributed by atoms with Crippen LogP contribution in [0.15, 0.2) is 36.1 Å². The Kier molecular flexibility index (Phi) is 2.06. The average Bonchev–Trinajstić information content (AvgIpc) is 2.86. The Morgan fingerprint density at radius 1 is 1.21 bits per heavy atom. The van der Waals surface area contributed by atoms with E-state index >= 15 is 0 Å². The van der Waals surface area contributed by atoms with Crippen LogP contribution in [0.4, 0.5) is 0 Å². The molecule has 0 saturated heterocycles. The van der Waals surface area contributed by atoms with E-state index in [4.69, 9.17) is 4.74 Å². The van der Waals surface area contributed by atoms with Gasteiger partial charge < -0.3 is 4.74 Å². The zero-order valence-corrected chi connectivity index (χ0v) is 10.6. The third-order valence-electron chi connectivity index (χ3n) is 4.86. The highest BCUT2D eigenvalue weighted by atomic mass is 16.5. The van der Waals surface area contributed by atoms with Crippen LogP contribution in [0.3, 0.4) is 0 Å². The van der Waals surface area contributed by atoms with E-state index in [1.54, 1.807) is 6.08 Å². The first-order valence-electron chi connectivity index (χ1n) is 6.64. The molecule has 1 aromatic carbocycles. The Bertz CT molecular complexity index is 629. The van der Waals surface area contributed by atoms with Crippen LogP contribution < -0.4 is 0 Å². The number of ketones is 2. The Morgan fingerprint density at radius 3 is 2.79 bits per heavy atom. The summed E-state index contributed by atoms with van der Waals surface area (Å²) in [6.07, 6.45) is 2.65. The molecule has 3 aliphatic rings. The number of fused-ring (bicyclic) bond motifs is 7. The van der Waals surface area contributed by atoms with Crippen molar-refractivity contribution in [2.24, 2.45) is 17.8 Å². The first kappa shape index (κ1) is 11.0. The number of ether oxygens (including phenoxy) is 1. The molecule has 1 saturated carbocycles. The van der Waals surface area contributed by atoms with E-state index in [9.17, 15) is 9.59 Å². The summed E-state index contributed by atoms with van der Waals surface area (Å²) < 4.78 is 5.15. The Hall–Kier alpha value is -1.90. The lowest BCUT2D eigenvalue weighted by Crippen LogP contribution is -2.31. The van der Waals surface area contributed by atoms with Gasteiger partial charge in [-0.3, -0.25) is 9.59 Å². The molecular weight excluding hydrogens is 240 g/mol. The number of Topliss-reactive ketones (excluding diaryl/α,β-unsaturated/α-hetero) is 2. The highest BCUT2D eigenvalue weighted by molar-refractivity contribution is 6.15. The molecule has 3 aliphatic carbocycles. The minimum atomic E-state index is -0.515. The molecule has 4 atom stereocenters. The molecule has 0 amide bonds. The van der Waals surface area contributed by atoms with Crippen LogP contribution in [-0.4, -0.2) is 18.7 Å². The second-order valence-corrected chi connectivity index (χ2v) is 5.60. The van der Waals surface area contributed by atoms with Gasteiger partial charge in [0.15, 0.2) is 11.5 Å². The van der Waals surface area contributed by atoms with Crippen molar-refractivity contribution in [3.8, 4) is 0 Å². The topological polar surface area (TPSA) is 43.4 Å². The molecule has 0 aromatic heterocycles. The van der Waals surface area contributed by atoms with Crippen LogP contribution >= 0.6 is 0 Å². The van der Waals surface area contributed by atoms with Gasteiger partial charge in [0.2, 0.25) is 5.78 Å². The van der Waals surface area contributed by atoms with Crippen molar-refractivity contribution in [1.82, 2.24) is 0 Å². The van der Waals surface area contributed by atoms with Crippen molar-refractivity contribution in [2.45, 2.75) is 12.3 Å². The largest absolute Gasteiger partial charge is 0.493 e. The molecule has 4 unspecified atom stereocenters. The van der Waals surface area contributed by atoms with Crippen LogP contribution in [0.5, 0.6) is 0 Å². The highest BCUT2D eigenvalue weighted by Crippen LogP contribution is 2.55. The highest BCUT2D eigenvalue weighted by Gasteiger charge is 2.58. The van der Waals surface area contributed by atoms with E-state index in [-0.39, 0.29) is 29.3 Å². The maximum Gasteiger partial charge on any atom is 0.208 e. The van der Waals surface area contributed by atoms with Gasteiger partial charge in [-0.05, 0) is 29.5 Å². The van der Waals surface area contributed by atoms with Gasteiger partial charge in [0, 0.05) is 11.8 Å². The lowest BCUT2D eigenvalue weighted by molar-refractivity contribution is -0.133. The van der Waals surface area contributed by atoms with Gasteiger partial charge in [0.25, 0.3) is 0 Å². The van der Waals surface area contributed by atoms with Crippen molar-refractivity contribution >= 4 is 11.6 Å². The third kappa shape index (κ3) is 1.23. The Labute approximate surface area is 111 Å². The quantitative estimate of drug-likeness (QED) is 0.719. The number of carbonyl (C=O) groups is 2. The molecular formula is C16H14O3. The predicted molar refractivity (Wildman–Crippen MR) is 68.5 cm³/mol. The zero-order valence-electron chi connectivity index (χ0n) is 10.6. The third-order valence-corrected chi connectivity index (χ3v) is 4.86. The molecule has 0 radical (unpaired) electrons. The number of rotatable bonds is 1. The first-order chi connectivity index (χ1) is 9.22. The van der Waals surface area contributed by atoms with Crippen LogP contribution in [-0.2, 0) is 20.7 Å². The van der Waals surface area contributed by atoms with Gasteiger partial charge in [-0.15, -0.1) is 0 Å². The summed E-state index contributed by atoms with van der Waals surface area (Å²) in [5.74, 6) is -0.0185. The summed E-state index contributed by atoms with van der Waals surface area (Å²) in [5, 5.41) is 0. The van der Waals surface area contributed by atoms with E-state index in [0.717, 1.165) is 6.42 Å². The molecule has 3 nitrogen and oxygen atoms in total. The predicted octanol–water partition coefficient (Wildman–Crippen LogP) is 1.87. The van der Waals surface area contributed by atoms with Gasteiger partial charge >= 0.3 is 0 Å². The molecule has 0 spiro atoms. The molecule has 1 aromatic rings. The Balaban J connectivity index is 1.87. The molecule has 96 valence electrons. The summed E-state index contributed by atoms with van der Waals surface area (Å²) in [6.45, 7) is 0. The molecule has 0 aliphatic heterocycles. The van der Waals surface area contributed by atoms with Crippen molar-refractivity contribution in [2.75, 3.05) is 7.11 Å². The smallest absolute Gasteiger partial charge is 0.208 e. The van der Waals surface area contributed by atoms with E-state index in [2.05, 4.69) is 12.1 Å². The molecule has 0 heterocycles. The second-order valence-electron chi connectivity index (χ2n) is 5.60. The Morgan fingerprint density at radius 2 is 2.00 bits per heavy atom. The first-order valence-corrected chi connectivity index (χ1v) is 6.64. The van der Waals surface area contributed by atoms with Crippen molar-refractivity contribution < 1.29 is 14.3 Å². The molecule has 2 bridgehead atoms. The van der Waals surface area contributed by atoms with E-state index in [1.165, 1.54) is 18.2 Å². The molecule has 19 heavy (non-hydrogen) atoms. The number of allylic oxidation sites excluding steroid dienone is 2. The summed E-state index contributed by atoms with van der Waals surface area (Å²) in [7, 11) is 1.50. The number of benzene rings is 1. The molecule has 4 rings (SSSR count). The van der Waals surface area contributed by atoms with Crippen LogP contribution in [0.25, 0.3) is 0 Å². The number of hydrogen-bond acceptors (Lipinski definition) is 3. The standard InChI is InChI=1S/C16H14O3/c1-19-12-7-11-10-6-8-4-2-3-5-9(8)13(10)14(15(11)17)16(12)18/h2-5,7,10-11,13-14H,6H2,1H3. The van der Waals surface area contributed by atoms with Crippen molar-refractivity contribution in [3.63, 3.8) is 0 Å². The lowest BCUT2D eigenvalue weighted by Gasteiger charge is -2.19. The fourth-order valence-electron chi connectivity index (χ4n) is 4.09. The van der Waals surface area contributed by atoms with Gasteiger partial charge in [-0.25, -0.2) is 0 Å². The lowest BCUT2D eigenvalue weighted by atomic mass is 9.84. The minimum Gasteiger partial charge on any atom is -0.493 e. The zero-order chi connectivity index (χ0) is 13.1. The fraction of sp³-hybridized carbons (Fsp3) is 0.375. The number of methoxy groups -OCH3 is 1. The van der Waals surface area contributed by atoms with Gasteiger partial charge in [-0.2, -0.15) is 0 Å². The second kappa shape index (κ2) is 3.56. The molecule has 3 heteroatoms. The van der Waals surface area contributed by atoms with E-state index in [1.807, 2.05) is 12.1 Å². The number of hydrogen-bond donors (Lipinski definition) is 0. The normalized spacial score (nSPS) is 34.9. The van der Waals surface area contributed by atoms with Crippen LogP contribution in [0, 0.1) is 17.8 Å². The molecule has 0 N–H and O–H groups in total. The summed E-state index contributed by atoms with van der Waals surface area (Å²) in [6, 6.07) is 8.19. The van der Waals surface area contributed by atoms with Gasteiger partial charge in [-0.1, -0.05) is 24.3 Å². The number of carbonyl (C=O) groups excluding carboxylic acids is 2. The van der Waals surface area contributed by atoms with E-state index in [0.29, 0.717) is 5.76 Å². The summed E-state index contributed by atoms with van der Waals surface area (Å²) in [4.78, 5) is 24.7. The van der Waals surface area contributed by atoms with Crippen LogP contribution in [0.1, 0.15) is 17.0 Å². The maximum atomic E-state index is 12.4. The minimum absolute atomic E-state index is 0.0603. The van der Waals surface area contributed by atoms with Crippen LogP contribution in [0.2, 0.25) is 0 Å².